The topological polar surface area (TPSA) is 27.1 Å². The summed E-state index contributed by atoms with van der Waals surface area (Å²) >= 11 is 2.37. The zero-order valence-corrected chi connectivity index (χ0v) is 12.2. The summed E-state index contributed by atoms with van der Waals surface area (Å²) in [5, 5.41) is 4.45. The lowest BCUT2D eigenvalue weighted by atomic mass is 10.1. The number of benzene rings is 1. The smallest absolute Gasteiger partial charge is 0.0568 e. The van der Waals surface area contributed by atoms with Crippen LogP contribution in [0.5, 0.6) is 0 Å². The normalized spacial score (nSPS) is 19.3. The molecule has 1 unspecified atom stereocenters. The van der Waals surface area contributed by atoms with E-state index in [4.69, 9.17) is 4.74 Å². The zero-order chi connectivity index (χ0) is 12.4. The van der Waals surface area contributed by atoms with Crippen molar-refractivity contribution in [3.8, 4) is 11.1 Å². The Morgan fingerprint density at radius 1 is 1.39 bits per heavy atom. The molecular formula is C14H15IN2O. The minimum absolute atomic E-state index is 0.618. The van der Waals surface area contributed by atoms with Gasteiger partial charge in [0, 0.05) is 34.4 Å². The van der Waals surface area contributed by atoms with Gasteiger partial charge in [0.15, 0.2) is 0 Å². The fraction of sp³-hybridized carbons (Fsp3) is 0.357. The van der Waals surface area contributed by atoms with Crippen molar-refractivity contribution in [1.29, 1.82) is 0 Å². The molecule has 4 heteroatoms. The number of rotatable bonds is 3. The Morgan fingerprint density at radius 2 is 2.28 bits per heavy atom. The van der Waals surface area contributed by atoms with E-state index < -0.39 is 0 Å². The second-order valence-corrected chi connectivity index (χ2v) is 5.82. The second-order valence-electron chi connectivity index (χ2n) is 4.66. The van der Waals surface area contributed by atoms with Crippen molar-refractivity contribution in [2.75, 3.05) is 13.2 Å². The molecular weight excluding hydrogens is 339 g/mol. The van der Waals surface area contributed by atoms with E-state index in [9.17, 15) is 0 Å². The number of halogens is 1. The Bertz CT molecular complexity index is 532. The Labute approximate surface area is 120 Å². The largest absolute Gasteiger partial charge is 0.381 e. The molecule has 94 valence electrons. The molecule has 1 aliphatic heterocycles. The van der Waals surface area contributed by atoms with Crippen LogP contribution in [-0.2, 0) is 11.3 Å². The molecule has 0 aliphatic carbocycles. The van der Waals surface area contributed by atoms with Crippen LogP contribution >= 0.6 is 22.6 Å². The molecule has 0 N–H and O–H groups in total. The molecule has 0 bridgehead atoms. The maximum atomic E-state index is 5.40. The fourth-order valence-corrected chi connectivity index (χ4v) is 2.99. The van der Waals surface area contributed by atoms with Crippen LogP contribution in [0.25, 0.3) is 11.1 Å². The molecule has 3 rings (SSSR count). The summed E-state index contributed by atoms with van der Waals surface area (Å²) in [6, 6.07) is 8.39. The zero-order valence-electron chi connectivity index (χ0n) is 10.1. The molecule has 1 atom stereocenters. The van der Waals surface area contributed by atoms with Gasteiger partial charge in [-0.1, -0.05) is 18.2 Å². The van der Waals surface area contributed by atoms with Crippen molar-refractivity contribution in [3.63, 3.8) is 0 Å². The summed E-state index contributed by atoms with van der Waals surface area (Å²) in [5.74, 6) is 0.618. The summed E-state index contributed by atoms with van der Waals surface area (Å²) in [6.07, 6.45) is 5.24. The first-order valence-electron chi connectivity index (χ1n) is 6.18. The predicted octanol–water partition coefficient (Wildman–Crippen LogP) is 3.19. The van der Waals surface area contributed by atoms with Crippen molar-refractivity contribution in [2.45, 2.75) is 13.0 Å². The summed E-state index contributed by atoms with van der Waals surface area (Å²) in [5.41, 5.74) is 2.45. The van der Waals surface area contributed by atoms with Gasteiger partial charge in [-0.3, -0.25) is 4.68 Å². The maximum absolute atomic E-state index is 5.40. The monoisotopic (exact) mass is 354 g/mol. The fourth-order valence-electron chi connectivity index (χ4n) is 2.29. The number of ether oxygens (including phenoxy) is 1. The van der Waals surface area contributed by atoms with Gasteiger partial charge in [0.05, 0.1) is 12.8 Å². The van der Waals surface area contributed by atoms with Crippen molar-refractivity contribution in [3.05, 3.63) is 40.2 Å². The van der Waals surface area contributed by atoms with Crippen molar-refractivity contribution in [2.24, 2.45) is 5.92 Å². The van der Waals surface area contributed by atoms with Gasteiger partial charge in [-0.25, -0.2) is 0 Å². The van der Waals surface area contributed by atoms with Crippen LogP contribution in [0.2, 0.25) is 0 Å². The SMILES string of the molecule is Ic1ccccc1-c1cnn(CC2CCOC2)c1. The van der Waals surface area contributed by atoms with Crippen LogP contribution in [0.1, 0.15) is 6.42 Å². The molecule has 1 aromatic heterocycles. The van der Waals surface area contributed by atoms with Gasteiger partial charge >= 0.3 is 0 Å². The highest BCUT2D eigenvalue weighted by Crippen LogP contribution is 2.25. The lowest BCUT2D eigenvalue weighted by molar-refractivity contribution is 0.181. The Balaban J connectivity index is 1.79. The average molecular weight is 354 g/mol. The van der Waals surface area contributed by atoms with E-state index in [1.165, 1.54) is 14.7 Å². The third-order valence-corrected chi connectivity index (χ3v) is 4.23. The minimum Gasteiger partial charge on any atom is -0.381 e. The highest BCUT2D eigenvalue weighted by molar-refractivity contribution is 14.1. The number of hydrogen-bond acceptors (Lipinski definition) is 2. The van der Waals surface area contributed by atoms with Crippen LogP contribution in [0.3, 0.4) is 0 Å². The lowest BCUT2D eigenvalue weighted by Crippen LogP contribution is -2.10. The van der Waals surface area contributed by atoms with Gasteiger partial charge in [0.25, 0.3) is 0 Å². The molecule has 1 fully saturated rings. The standard InChI is InChI=1S/C14H15IN2O/c15-14-4-2-1-3-13(14)12-7-16-17(9-12)8-11-5-6-18-10-11/h1-4,7,9,11H,5-6,8,10H2. The Morgan fingerprint density at radius 3 is 3.06 bits per heavy atom. The number of aromatic nitrogens is 2. The van der Waals surface area contributed by atoms with Gasteiger partial charge in [0.2, 0.25) is 0 Å². The van der Waals surface area contributed by atoms with Crippen molar-refractivity contribution in [1.82, 2.24) is 9.78 Å². The second kappa shape index (κ2) is 5.40. The van der Waals surface area contributed by atoms with E-state index in [1.54, 1.807) is 0 Å². The van der Waals surface area contributed by atoms with E-state index >= 15 is 0 Å². The number of nitrogens with zero attached hydrogens (tertiary/aromatic N) is 2. The van der Waals surface area contributed by atoms with E-state index in [0.717, 1.165) is 26.2 Å². The first-order chi connectivity index (χ1) is 8.83. The molecule has 18 heavy (non-hydrogen) atoms. The van der Waals surface area contributed by atoms with Crippen molar-refractivity contribution < 1.29 is 4.74 Å². The Hall–Kier alpha value is -0.880. The molecule has 1 aliphatic rings. The predicted molar refractivity (Wildman–Crippen MR) is 79.3 cm³/mol. The summed E-state index contributed by atoms with van der Waals surface area (Å²) in [6.45, 7) is 2.73. The van der Waals surface area contributed by atoms with E-state index in [2.05, 4.69) is 58.2 Å². The van der Waals surface area contributed by atoms with Gasteiger partial charge in [-0.2, -0.15) is 5.10 Å². The minimum atomic E-state index is 0.618. The summed E-state index contributed by atoms with van der Waals surface area (Å²) in [4.78, 5) is 0. The third-order valence-electron chi connectivity index (χ3n) is 3.29. The molecule has 0 spiro atoms. The highest BCUT2D eigenvalue weighted by atomic mass is 127. The van der Waals surface area contributed by atoms with Gasteiger partial charge < -0.3 is 4.74 Å². The van der Waals surface area contributed by atoms with E-state index in [0.29, 0.717) is 5.92 Å². The van der Waals surface area contributed by atoms with Crippen molar-refractivity contribution >= 4 is 22.6 Å². The first kappa shape index (κ1) is 12.2. The number of hydrogen-bond donors (Lipinski definition) is 0. The highest BCUT2D eigenvalue weighted by Gasteiger charge is 2.16. The molecule has 0 radical (unpaired) electrons. The van der Waals surface area contributed by atoms with Gasteiger partial charge in [-0.15, -0.1) is 0 Å². The van der Waals surface area contributed by atoms with Crippen LogP contribution in [-0.4, -0.2) is 23.0 Å². The van der Waals surface area contributed by atoms with Crippen LogP contribution < -0.4 is 0 Å². The van der Waals surface area contributed by atoms with E-state index in [-0.39, 0.29) is 0 Å². The summed E-state index contributed by atoms with van der Waals surface area (Å²) in [7, 11) is 0. The van der Waals surface area contributed by atoms with Crippen LogP contribution in [0, 0.1) is 9.49 Å². The quantitative estimate of drug-likeness (QED) is 0.792. The Kier molecular flexibility index (Phi) is 3.65. The van der Waals surface area contributed by atoms with Gasteiger partial charge in [0.1, 0.15) is 0 Å². The molecule has 0 saturated carbocycles. The van der Waals surface area contributed by atoms with Gasteiger partial charge in [-0.05, 0) is 40.6 Å². The van der Waals surface area contributed by atoms with E-state index in [1.807, 2.05) is 10.9 Å². The lowest BCUT2D eigenvalue weighted by Gasteiger charge is -2.06. The molecule has 1 saturated heterocycles. The van der Waals surface area contributed by atoms with Crippen LogP contribution in [0.4, 0.5) is 0 Å². The molecule has 0 amide bonds. The first-order valence-corrected chi connectivity index (χ1v) is 7.26. The maximum Gasteiger partial charge on any atom is 0.0568 e. The molecule has 2 aromatic rings. The van der Waals surface area contributed by atoms with Crippen LogP contribution in [0.15, 0.2) is 36.7 Å². The molecule has 1 aromatic carbocycles. The average Bonchev–Trinajstić information content (AvgIpc) is 3.02. The third kappa shape index (κ3) is 2.59. The molecule has 3 nitrogen and oxygen atoms in total. The summed E-state index contributed by atoms with van der Waals surface area (Å²) < 4.78 is 8.70. The molecule has 2 heterocycles.